The monoisotopic (exact) mass is 395 g/mol. The van der Waals surface area contributed by atoms with Crippen LogP contribution in [0.5, 0.6) is 11.8 Å². The third kappa shape index (κ3) is 2.50. The number of aromatic nitrogens is 4. The molecule has 0 saturated heterocycles. The van der Waals surface area contributed by atoms with Gasteiger partial charge in [-0.25, -0.2) is 9.55 Å². The fourth-order valence-corrected chi connectivity index (χ4v) is 3.45. The van der Waals surface area contributed by atoms with Crippen LogP contribution in [0.3, 0.4) is 0 Å². The molecule has 0 aliphatic heterocycles. The van der Waals surface area contributed by atoms with Gasteiger partial charge in [0, 0.05) is 5.39 Å². The molecular weight excluding hydrogens is 382 g/mol. The Bertz CT molecular complexity index is 1490. The van der Waals surface area contributed by atoms with Crippen LogP contribution in [0, 0.1) is 11.3 Å². The van der Waals surface area contributed by atoms with Crippen LogP contribution in [-0.2, 0) is 0 Å². The van der Waals surface area contributed by atoms with Gasteiger partial charge in [0.25, 0.3) is 0 Å². The van der Waals surface area contributed by atoms with E-state index in [-0.39, 0.29) is 34.1 Å². The van der Waals surface area contributed by atoms with E-state index in [0.29, 0.717) is 16.8 Å². The van der Waals surface area contributed by atoms with Gasteiger partial charge in [-0.05, 0) is 36.4 Å². The standard InChI is InChI=1S/C22H13N5O3/c23-11-12-5-8-14(9-6-12)27-21(29)17-18(25-26-19(17)22(27)30)20(28)16-10-7-13-3-1-2-4-15(13)24-16/h1-10,26,29-30H. The van der Waals surface area contributed by atoms with E-state index in [0.717, 1.165) is 5.39 Å². The Morgan fingerprint density at radius 2 is 1.77 bits per heavy atom. The molecule has 0 saturated carbocycles. The van der Waals surface area contributed by atoms with Crippen molar-refractivity contribution in [3.05, 3.63) is 77.6 Å². The summed E-state index contributed by atoms with van der Waals surface area (Å²) >= 11 is 0. The quantitative estimate of drug-likeness (QED) is 0.402. The van der Waals surface area contributed by atoms with E-state index in [1.807, 2.05) is 24.3 Å². The third-order valence-corrected chi connectivity index (χ3v) is 4.94. The first-order chi connectivity index (χ1) is 14.6. The summed E-state index contributed by atoms with van der Waals surface area (Å²) in [5.41, 5.74) is 1.78. The highest BCUT2D eigenvalue weighted by Gasteiger charge is 2.27. The van der Waals surface area contributed by atoms with Crippen LogP contribution in [0.1, 0.15) is 21.7 Å². The normalized spacial score (nSPS) is 11.0. The van der Waals surface area contributed by atoms with Gasteiger partial charge >= 0.3 is 0 Å². The van der Waals surface area contributed by atoms with E-state index in [2.05, 4.69) is 15.2 Å². The predicted octanol–water partition coefficient (Wildman–Crippen LogP) is 3.42. The Labute approximate surface area is 169 Å². The van der Waals surface area contributed by atoms with Crippen LogP contribution >= 0.6 is 0 Å². The van der Waals surface area contributed by atoms with Crippen molar-refractivity contribution in [3.8, 4) is 23.5 Å². The second-order valence-electron chi connectivity index (χ2n) is 6.68. The number of carbonyl (C=O) groups is 1. The first-order valence-corrected chi connectivity index (χ1v) is 9.00. The molecule has 0 aliphatic carbocycles. The Morgan fingerprint density at radius 1 is 1.00 bits per heavy atom. The highest BCUT2D eigenvalue weighted by Crippen LogP contribution is 2.39. The lowest BCUT2D eigenvalue weighted by atomic mass is 10.1. The second-order valence-corrected chi connectivity index (χ2v) is 6.68. The summed E-state index contributed by atoms with van der Waals surface area (Å²) in [6.07, 6.45) is 0. The minimum atomic E-state index is -0.487. The molecule has 0 radical (unpaired) electrons. The summed E-state index contributed by atoms with van der Waals surface area (Å²) in [7, 11) is 0. The lowest BCUT2D eigenvalue weighted by Crippen LogP contribution is -2.05. The molecular formula is C22H13N5O3. The summed E-state index contributed by atoms with van der Waals surface area (Å²) in [5.74, 6) is -1.13. The Morgan fingerprint density at radius 3 is 2.53 bits per heavy atom. The summed E-state index contributed by atoms with van der Waals surface area (Å²) in [6, 6.07) is 19.1. The number of hydrogen-bond acceptors (Lipinski definition) is 6. The molecule has 3 heterocycles. The molecule has 5 rings (SSSR count). The fraction of sp³-hybridized carbons (Fsp3) is 0. The molecule has 0 amide bonds. The first-order valence-electron chi connectivity index (χ1n) is 9.00. The first kappa shape index (κ1) is 17.5. The minimum absolute atomic E-state index is 0.0482. The number of ketones is 1. The van der Waals surface area contributed by atoms with Gasteiger partial charge in [-0.1, -0.05) is 24.3 Å². The van der Waals surface area contributed by atoms with E-state index in [1.165, 1.54) is 4.57 Å². The fourth-order valence-electron chi connectivity index (χ4n) is 3.45. The highest BCUT2D eigenvalue weighted by molar-refractivity contribution is 6.16. The number of nitrogens with one attached hydrogen (secondary N) is 1. The molecule has 8 heteroatoms. The second kappa shape index (κ2) is 6.46. The van der Waals surface area contributed by atoms with Gasteiger partial charge < -0.3 is 10.2 Å². The largest absolute Gasteiger partial charge is 0.494 e. The van der Waals surface area contributed by atoms with Crippen molar-refractivity contribution in [2.75, 3.05) is 0 Å². The number of rotatable bonds is 3. The summed E-state index contributed by atoms with van der Waals surface area (Å²) in [4.78, 5) is 17.5. The summed E-state index contributed by atoms with van der Waals surface area (Å²) in [6.45, 7) is 0. The Kier molecular flexibility index (Phi) is 3.76. The number of pyridine rings is 1. The van der Waals surface area contributed by atoms with Crippen LogP contribution in [0.25, 0.3) is 27.5 Å². The number of benzene rings is 2. The molecule has 0 bridgehead atoms. The molecule has 3 aromatic heterocycles. The number of para-hydroxylation sites is 1. The number of H-pyrrole nitrogens is 1. The molecule has 0 atom stereocenters. The van der Waals surface area contributed by atoms with Crippen LogP contribution in [0.2, 0.25) is 0 Å². The average Bonchev–Trinajstić information content (AvgIpc) is 3.33. The van der Waals surface area contributed by atoms with E-state index in [9.17, 15) is 15.0 Å². The smallest absolute Gasteiger partial charge is 0.232 e. The summed E-state index contributed by atoms with van der Waals surface area (Å²) < 4.78 is 1.18. The third-order valence-electron chi connectivity index (χ3n) is 4.94. The number of nitrogens with zero attached hydrogens (tertiary/aromatic N) is 4. The van der Waals surface area contributed by atoms with Crippen molar-refractivity contribution in [1.82, 2.24) is 19.7 Å². The molecule has 0 unspecified atom stereocenters. The minimum Gasteiger partial charge on any atom is -0.494 e. The Hall–Kier alpha value is -4.64. The van der Waals surface area contributed by atoms with Crippen molar-refractivity contribution in [1.29, 1.82) is 5.26 Å². The number of aromatic amines is 1. The van der Waals surface area contributed by atoms with Crippen molar-refractivity contribution in [3.63, 3.8) is 0 Å². The SMILES string of the molecule is N#Cc1ccc(-n2c(O)c3[nH]nc(C(=O)c4ccc5ccccc5n4)c3c2O)cc1. The van der Waals surface area contributed by atoms with E-state index >= 15 is 0 Å². The van der Waals surface area contributed by atoms with E-state index < -0.39 is 5.78 Å². The van der Waals surface area contributed by atoms with E-state index in [1.54, 1.807) is 42.5 Å². The number of carbonyl (C=O) groups excluding carboxylic acids is 1. The van der Waals surface area contributed by atoms with Gasteiger partial charge in [-0.2, -0.15) is 10.4 Å². The predicted molar refractivity (Wildman–Crippen MR) is 109 cm³/mol. The summed E-state index contributed by atoms with van der Waals surface area (Å²) in [5, 5.41) is 38.0. The molecule has 5 aromatic rings. The van der Waals surface area contributed by atoms with E-state index in [4.69, 9.17) is 5.26 Å². The maximum atomic E-state index is 13.1. The highest BCUT2D eigenvalue weighted by atomic mass is 16.3. The van der Waals surface area contributed by atoms with Gasteiger partial charge in [-0.3, -0.25) is 9.89 Å². The maximum absolute atomic E-state index is 13.1. The van der Waals surface area contributed by atoms with Gasteiger partial charge in [0.2, 0.25) is 17.5 Å². The molecule has 8 nitrogen and oxygen atoms in total. The Balaban J connectivity index is 1.64. The van der Waals surface area contributed by atoms with Crippen LogP contribution in [-0.4, -0.2) is 35.7 Å². The zero-order chi connectivity index (χ0) is 20.8. The maximum Gasteiger partial charge on any atom is 0.232 e. The zero-order valence-electron chi connectivity index (χ0n) is 15.4. The zero-order valence-corrected chi connectivity index (χ0v) is 15.4. The van der Waals surface area contributed by atoms with Crippen LogP contribution in [0.4, 0.5) is 0 Å². The lowest BCUT2D eigenvalue weighted by molar-refractivity contribution is 0.103. The molecule has 0 fully saturated rings. The van der Waals surface area contributed by atoms with Gasteiger partial charge in [0.05, 0.1) is 28.2 Å². The number of hydrogen-bond donors (Lipinski definition) is 3. The molecule has 0 aliphatic rings. The molecule has 2 aromatic carbocycles. The topological polar surface area (TPSA) is 128 Å². The molecule has 3 N–H and O–H groups in total. The van der Waals surface area contributed by atoms with Gasteiger partial charge in [0.1, 0.15) is 16.9 Å². The molecule has 0 spiro atoms. The van der Waals surface area contributed by atoms with Crippen LogP contribution < -0.4 is 0 Å². The molecule has 144 valence electrons. The van der Waals surface area contributed by atoms with Crippen LogP contribution in [0.15, 0.2) is 60.7 Å². The van der Waals surface area contributed by atoms with Crippen molar-refractivity contribution in [2.45, 2.75) is 0 Å². The van der Waals surface area contributed by atoms with Crippen molar-refractivity contribution in [2.24, 2.45) is 0 Å². The number of fused-ring (bicyclic) bond motifs is 2. The lowest BCUT2D eigenvalue weighted by Gasteiger charge is -2.07. The van der Waals surface area contributed by atoms with Crippen molar-refractivity contribution >= 4 is 27.6 Å². The van der Waals surface area contributed by atoms with Gasteiger partial charge in [-0.15, -0.1) is 0 Å². The average molecular weight is 395 g/mol. The number of nitriles is 1. The number of aromatic hydroxyl groups is 2. The van der Waals surface area contributed by atoms with Gasteiger partial charge in [0.15, 0.2) is 0 Å². The van der Waals surface area contributed by atoms with Crippen molar-refractivity contribution < 1.29 is 15.0 Å². The molecule has 30 heavy (non-hydrogen) atoms.